The molecule has 0 aromatic heterocycles. The molecule has 0 aliphatic carbocycles. The maximum atomic E-state index is 14.3. The predicted octanol–water partition coefficient (Wildman–Crippen LogP) is 8.17. The first-order valence-corrected chi connectivity index (χ1v) is 9.68. The van der Waals surface area contributed by atoms with Gasteiger partial charge in [0.15, 0.2) is 0 Å². The van der Waals surface area contributed by atoms with Crippen molar-refractivity contribution >= 4 is 0 Å². The summed E-state index contributed by atoms with van der Waals surface area (Å²) in [4.78, 5) is 0. The molecule has 0 amide bonds. The van der Waals surface area contributed by atoms with E-state index >= 15 is 0 Å². The van der Waals surface area contributed by atoms with Crippen molar-refractivity contribution in [2.45, 2.75) is 67.1 Å². The summed E-state index contributed by atoms with van der Waals surface area (Å²) in [6, 6.07) is 3.90. The number of hydrogen-bond donors (Lipinski definition) is 0. The van der Waals surface area contributed by atoms with Gasteiger partial charge in [0.05, 0.1) is 12.7 Å². The standard InChI is InChI=1S/C19H15F17O2/c1-3-38-10-6-4-5-9(7-10)11(37-2)8-12(20,21)13(22,23)14(24,25)15(26,27)16(28,29)17(30,31)18(32,33)19(34,35)36/h4-7,11H,3,8H2,1-2H3. The van der Waals surface area contributed by atoms with Gasteiger partial charge in [-0.3, -0.25) is 0 Å². The molecular weight excluding hydrogens is 583 g/mol. The molecule has 1 aromatic carbocycles. The van der Waals surface area contributed by atoms with E-state index in [2.05, 4.69) is 4.74 Å². The molecule has 0 bridgehead atoms. The van der Waals surface area contributed by atoms with E-state index in [1.807, 2.05) is 0 Å². The second-order valence-corrected chi connectivity index (χ2v) is 7.58. The Balaban J connectivity index is 3.56. The van der Waals surface area contributed by atoms with Crippen molar-refractivity contribution in [3.63, 3.8) is 0 Å². The molecule has 1 aromatic rings. The molecule has 0 heterocycles. The number of ether oxygens (including phenoxy) is 2. The van der Waals surface area contributed by atoms with Crippen LogP contribution in [0.1, 0.15) is 25.0 Å². The van der Waals surface area contributed by atoms with Crippen LogP contribution >= 0.6 is 0 Å². The van der Waals surface area contributed by atoms with Gasteiger partial charge in [0, 0.05) is 13.5 Å². The smallest absolute Gasteiger partial charge is 0.460 e. The van der Waals surface area contributed by atoms with E-state index in [9.17, 15) is 74.6 Å². The molecule has 0 aliphatic rings. The van der Waals surface area contributed by atoms with E-state index in [0.717, 1.165) is 18.2 Å². The molecule has 1 rings (SSSR count). The van der Waals surface area contributed by atoms with Gasteiger partial charge in [-0.2, -0.15) is 74.6 Å². The van der Waals surface area contributed by atoms with Gasteiger partial charge in [0.25, 0.3) is 0 Å². The fraction of sp³-hybridized carbons (Fsp3) is 0.684. The predicted molar refractivity (Wildman–Crippen MR) is 92.7 cm³/mol. The lowest BCUT2D eigenvalue weighted by molar-refractivity contribution is -0.462. The molecule has 0 spiro atoms. The fourth-order valence-corrected chi connectivity index (χ4v) is 2.87. The van der Waals surface area contributed by atoms with Gasteiger partial charge in [-0.15, -0.1) is 0 Å². The minimum absolute atomic E-state index is 0.0388. The zero-order valence-electron chi connectivity index (χ0n) is 18.5. The third-order valence-electron chi connectivity index (χ3n) is 5.05. The molecule has 0 radical (unpaired) electrons. The fourth-order valence-electron chi connectivity index (χ4n) is 2.87. The minimum Gasteiger partial charge on any atom is -0.494 e. The molecule has 19 heteroatoms. The maximum absolute atomic E-state index is 14.3. The average Bonchev–Trinajstić information content (AvgIpc) is 2.76. The zero-order valence-corrected chi connectivity index (χ0v) is 18.5. The molecular formula is C19H15F17O2. The van der Waals surface area contributed by atoms with Crippen molar-refractivity contribution in [3.05, 3.63) is 29.8 Å². The Morgan fingerprint density at radius 2 is 1.05 bits per heavy atom. The van der Waals surface area contributed by atoms with Crippen molar-refractivity contribution in [3.8, 4) is 5.75 Å². The van der Waals surface area contributed by atoms with Crippen LogP contribution in [0.4, 0.5) is 74.6 Å². The highest BCUT2D eigenvalue weighted by Gasteiger charge is 2.95. The van der Waals surface area contributed by atoms with Crippen LogP contribution in [0.25, 0.3) is 0 Å². The van der Waals surface area contributed by atoms with Crippen molar-refractivity contribution in [1.29, 1.82) is 0 Å². The van der Waals surface area contributed by atoms with E-state index in [4.69, 9.17) is 4.74 Å². The lowest BCUT2D eigenvalue weighted by atomic mass is 9.87. The topological polar surface area (TPSA) is 18.5 Å². The molecule has 0 saturated heterocycles. The normalized spacial score (nSPS) is 16.0. The van der Waals surface area contributed by atoms with E-state index in [1.54, 1.807) is 0 Å². The van der Waals surface area contributed by atoms with Gasteiger partial charge in [-0.1, -0.05) is 12.1 Å². The van der Waals surface area contributed by atoms with Gasteiger partial charge >= 0.3 is 47.6 Å². The average molecular weight is 598 g/mol. The first-order valence-electron chi connectivity index (χ1n) is 9.68. The van der Waals surface area contributed by atoms with Crippen LogP contribution in [0.15, 0.2) is 24.3 Å². The monoisotopic (exact) mass is 598 g/mol. The molecule has 0 N–H and O–H groups in total. The zero-order chi connectivity index (χ0) is 30.4. The minimum atomic E-state index is -8.66. The lowest BCUT2D eigenvalue weighted by Gasteiger charge is -2.43. The summed E-state index contributed by atoms with van der Waals surface area (Å²) < 4.78 is 237. The third-order valence-corrected chi connectivity index (χ3v) is 5.05. The molecule has 0 aliphatic heterocycles. The van der Waals surface area contributed by atoms with Crippen LogP contribution in [0.3, 0.4) is 0 Å². The Morgan fingerprint density at radius 3 is 1.45 bits per heavy atom. The molecule has 1 unspecified atom stereocenters. The molecule has 0 saturated carbocycles. The second-order valence-electron chi connectivity index (χ2n) is 7.58. The highest BCUT2D eigenvalue weighted by molar-refractivity contribution is 5.30. The quantitative estimate of drug-likeness (QED) is 0.226. The van der Waals surface area contributed by atoms with E-state index in [-0.39, 0.29) is 12.4 Å². The van der Waals surface area contributed by atoms with Crippen molar-refractivity contribution in [2.24, 2.45) is 0 Å². The van der Waals surface area contributed by atoms with Crippen LogP contribution < -0.4 is 4.74 Å². The molecule has 38 heavy (non-hydrogen) atoms. The van der Waals surface area contributed by atoms with Gasteiger partial charge in [0.2, 0.25) is 0 Å². The largest absolute Gasteiger partial charge is 0.494 e. The Kier molecular flexibility index (Phi) is 8.97. The number of halogens is 17. The lowest BCUT2D eigenvalue weighted by Crippen LogP contribution is -2.74. The Morgan fingerprint density at radius 1 is 0.632 bits per heavy atom. The van der Waals surface area contributed by atoms with Crippen molar-refractivity contribution in [2.75, 3.05) is 13.7 Å². The van der Waals surface area contributed by atoms with Crippen LogP contribution in [0.5, 0.6) is 5.75 Å². The summed E-state index contributed by atoms with van der Waals surface area (Å²) >= 11 is 0. The maximum Gasteiger partial charge on any atom is 0.460 e. The summed E-state index contributed by atoms with van der Waals surface area (Å²) in [6.45, 7) is 1.39. The summed E-state index contributed by atoms with van der Waals surface area (Å²) in [5, 5.41) is 0. The Bertz CT molecular complexity index is 955. The van der Waals surface area contributed by atoms with E-state index in [1.165, 1.54) is 13.0 Å². The first kappa shape index (κ1) is 33.8. The Hall–Kier alpha value is -2.21. The highest BCUT2D eigenvalue weighted by Crippen LogP contribution is 2.64. The molecule has 2 nitrogen and oxygen atoms in total. The number of methoxy groups -OCH3 is 1. The highest BCUT2D eigenvalue weighted by atomic mass is 19.4. The third kappa shape index (κ3) is 5.05. The first-order chi connectivity index (χ1) is 16.7. The van der Waals surface area contributed by atoms with Gasteiger partial charge in [-0.25, -0.2) is 0 Å². The van der Waals surface area contributed by atoms with Crippen LogP contribution in [-0.4, -0.2) is 61.4 Å². The summed E-state index contributed by atoms with van der Waals surface area (Å²) in [5.41, 5.74) is -0.550. The van der Waals surface area contributed by atoms with Crippen LogP contribution in [0.2, 0.25) is 0 Å². The number of rotatable bonds is 12. The van der Waals surface area contributed by atoms with E-state index in [0.29, 0.717) is 7.11 Å². The van der Waals surface area contributed by atoms with Crippen LogP contribution in [-0.2, 0) is 4.74 Å². The molecule has 1 atom stereocenters. The molecule has 222 valence electrons. The summed E-state index contributed by atoms with van der Waals surface area (Å²) in [5.74, 6) is -56.8. The Labute approximate surface area is 201 Å². The summed E-state index contributed by atoms with van der Waals surface area (Å²) in [6.07, 6.45) is -12.9. The number of benzene rings is 1. The van der Waals surface area contributed by atoms with Gasteiger partial charge < -0.3 is 9.47 Å². The number of hydrogen-bond acceptors (Lipinski definition) is 2. The summed E-state index contributed by atoms with van der Waals surface area (Å²) in [7, 11) is 0.521. The number of alkyl halides is 17. The van der Waals surface area contributed by atoms with E-state index < -0.39 is 65.7 Å². The van der Waals surface area contributed by atoms with Crippen molar-refractivity contribution < 1.29 is 84.1 Å². The molecule has 0 fully saturated rings. The van der Waals surface area contributed by atoms with Crippen LogP contribution in [0, 0.1) is 0 Å². The second kappa shape index (κ2) is 10.1. The SMILES string of the molecule is CCOc1cccc(C(CC(F)(F)C(F)(F)C(F)(F)C(F)(F)C(F)(F)C(F)(F)C(F)(F)C(F)(F)F)OC)c1. The van der Waals surface area contributed by atoms with Crippen molar-refractivity contribution in [1.82, 2.24) is 0 Å². The van der Waals surface area contributed by atoms with Gasteiger partial charge in [0.1, 0.15) is 5.75 Å². The van der Waals surface area contributed by atoms with Gasteiger partial charge in [-0.05, 0) is 24.6 Å².